The predicted octanol–water partition coefficient (Wildman–Crippen LogP) is 5.12. The standard InChI is InChI=1S/C25H24N2O4S/c1-3-31-22-13-9-20(10-14-22)27-23(28)16-32-25(27)18-5-4-6-19(15-18)26-24(29)17-7-11-21(30-2)12-8-17/h4-15,25H,3,16H2,1-2H3,(H,26,29). The zero-order valence-electron chi connectivity index (χ0n) is 17.9. The molecule has 0 saturated carbocycles. The van der Waals surface area contributed by atoms with Gasteiger partial charge < -0.3 is 14.8 Å². The van der Waals surface area contributed by atoms with E-state index in [0.29, 0.717) is 29.4 Å². The smallest absolute Gasteiger partial charge is 0.255 e. The van der Waals surface area contributed by atoms with E-state index in [1.165, 1.54) is 0 Å². The minimum absolute atomic E-state index is 0.0526. The zero-order valence-corrected chi connectivity index (χ0v) is 18.7. The Hall–Kier alpha value is -3.45. The van der Waals surface area contributed by atoms with E-state index in [9.17, 15) is 9.59 Å². The van der Waals surface area contributed by atoms with Crippen LogP contribution in [0.4, 0.5) is 11.4 Å². The summed E-state index contributed by atoms with van der Waals surface area (Å²) in [6.07, 6.45) is 0. The first kappa shape index (κ1) is 21.8. The Morgan fingerprint density at radius 1 is 1.06 bits per heavy atom. The van der Waals surface area contributed by atoms with Crippen molar-refractivity contribution in [1.29, 1.82) is 0 Å². The summed E-state index contributed by atoms with van der Waals surface area (Å²) in [6.45, 7) is 2.53. The summed E-state index contributed by atoms with van der Waals surface area (Å²) >= 11 is 1.57. The molecule has 4 rings (SSSR count). The Morgan fingerprint density at radius 2 is 1.78 bits per heavy atom. The van der Waals surface area contributed by atoms with Gasteiger partial charge in [0.1, 0.15) is 16.9 Å². The molecule has 0 bridgehead atoms. The lowest BCUT2D eigenvalue weighted by molar-refractivity contribution is -0.115. The molecule has 1 heterocycles. The van der Waals surface area contributed by atoms with Gasteiger partial charge in [-0.25, -0.2) is 0 Å². The maximum Gasteiger partial charge on any atom is 0.255 e. The van der Waals surface area contributed by atoms with Gasteiger partial charge in [0.25, 0.3) is 5.91 Å². The van der Waals surface area contributed by atoms with Crippen LogP contribution in [0.15, 0.2) is 72.8 Å². The van der Waals surface area contributed by atoms with Crippen molar-refractivity contribution < 1.29 is 19.1 Å². The molecule has 1 unspecified atom stereocenters. The van der Waals surface area contributed by atoms with Gasteiger partial charge in [-0.3, -0.25) is 14.5 Å². The van der Waals surface area contributed by atoms with Crippen LogP contribution >= 0.6 is 11.8 Å². The van der Waals surface area contributed by atoms with Crippen molar-refractivity contribution in [2.45, 2.75) is 12.3 Å². The van der Waals surface area contributed by atoms with Gasteiger partial charge in [-0.1, -0.05) is 12.1 Å². The number of rotatable bonds is 7. The fourth-order valence-electron chi connectivity index (χ4n) is 3.54. The molecule has 0 spiro atoms. The van der Waals surface area contributed by atoms with E-state index in [1.54, 1.807) is 48.0 Å². The van der Waals surface area contributed by atoms with E-state index in [-0.39, 0.29) is 17.2 Å². The monoisotopic (exact) mass is 448 g/mol. The minimum Gasteiger partial charge on any atom is -0.497 e. The number of hydrogen-bond acceptors (Lipinski definition) is 5. The van der Waals surface area contributed by atoms with Crippen LogP contribution in [-0.2, 0) is 4.79 Å². The van der Waals surface area contributed by atoms with E-state index < -0.39 is 0 Å². The third-order valence-electron chi connectivity index (χ3n) is 5.08. The van der Waals surface area contributed by atoms with Gasteiger partial charge in [0.2, 0.25) is 5.91 Å². The molecule has 1 aliphatic rings. The van der Waals surface area contributed by atoms with Crippen LogP contribution in [-0.4, -0.2) is 31.3 Å². The van der Waals surface area contributed by atoms with Crippen molar-refractivity contribution >= 4 is 35.0 Å². The second-order valence-corrected chi connectivity index (χ2v) is 8.23. The molecule has 2 amide bonds. The number of anilines is 2. The first-order valence-corrected chi connectivity index (χ1v) is 11.4. The van der Waals surface area contributed by atoms with E-state index in [1.807, 2.05) is 55.5 Å². The van der Waals surface area contributed by atoms with Crippen molar-refractivity contribution in [3.05, 3.63) is 83.9 Å². The molecule has 32 heavy (non-hydrogen) atoms. The molecule has 1 atom stereocenters. The Bertz CT molecular complexity index is 1100. The maximum absolute atomic E-state index is 12.7. The molecule has 1 saturated heterocycles. The summed E-state index contributed by atoms with van der Waals surface area (Å²) < 4.78 is 10.6. The molecule has 0 aliphatic carbocycles. The highest BCUT2D eigenvalue weighted by Crippen LogP contribution is 2.42. The number of hydrogen-bond donors (Lipinski definition) is 1. The van der Waals surface area contributed by atoms with Crippen molar-refractivity contribution in [3.63, 3.8) is 0 Å². The van der Waals surface area contributed by atoms with Crippen LogP contribution in [0.5, 0.6) is 11.5 Å². The number of benzene rings is 3. The van der Waals surface area contributed by atoms with E-state index in [2.05, 4.69) is 5.32 Å². The molecule has 6 nitrogen and oxygen atoms in total. The summed E-state index contributed by atoms with van der Waals surface area (Å²) in [4.78, 5) is 27.1. The lowest BCUT2D eigenvalue weighted by Crippen LogP contribution is -2.27. The number of nitrogens with one attached hydrogen (secondary N) is 1. The number of nitrogens with zero attached hydrogens (tertiary/aromatic N) is 1. The lowest BCUT2D eigenvalue weighted by Gasteiger charge is -2.25. The number of thioether (sulfide) groups is 1. The number of carbonyl (C=O) groups is 2. The summed E-state index contributed by atoms with van der Waals surface area (Å²) in [5.41, 5.74) is 2.98. The molecule has 0 aromatic heterocycles. The highest BCUT2D eigenvalue weighted by Gasteiger charge is 2.34. The van der Waals surface area contributed by atoms with Crippen LogP contribution in [0.25, 0.3) is 0 Å². The molecule has 3 aromatic rings. The van der Waals surface area contributed by atoms with Gasteiger partial charge in [-0.2, -0.15) is 0 Å². The van der Waals surface area contributed by atoms with Gasteiger partial charge in [0.15, 0.2) is 0 Å². The SMILES string of the molecule is CCOc1ccc(N2C(=O)CSC2c2cccc(NC(=O)c3ccc(OC)cc3)c2)cc1. The first-order chi connectivity index (χ1) is 15.6. The number of methoxy groups -OCH3 is 1. The second-order valence-electron chi connectivity index (χ2n) is 7.16. The van der Waals surface area contributed by atoms with E-state index in [4.69, 9.17) is 9.47 Å². The van der Waals surface area contributed by atoms with Crippen LogP contribution in [0.3, 0.4) is 0 Å². The van der Waals surface area contributed by atoms with Gasteiger partial charge in [-0.05, 0) is 73.2 Å². The Kier molecular flexibility index (Phi) is 6.66. The topological polar surface area (TPSA) is 67.9 Å². The summed E-state index contributed by atoms with van der Waals surface area (Å²) in [5.74, 6) is 1.72. The molecule has 1 aliphatic heterocycles. The Balaban J connectivity index is 1.53. The second kappa shape index (κ2) is 9.78. The van der Waals surface area contributed by atoms with E-state index >= 15 is 0 Å². The van der Waals surface area contributed by atoms with Crippen LogP contribution in [0, 0.1) is 0 Å². The third-order valence-corrected chi connectivity index (χ3v) is 6.29. The molecular formula is C25H24N2O4S. The summed E-state index contributed by atoms with van der Waals surface area (Å²) in [5, 5.41) is 2.77. The zero-order chi connectivity index (χ0) is 22.5. The predicted molar refractivity (Wildman–Crippen MR) is 128 cm³/mol. The van der Waals surface area contributed by atoms with Crippen molar-refractivity contribution in [2.75, 3.05) is 29.7 Å². The van der Waals surface area contributed by atoms with Crippen molar-refractivity contribution in [1.82, 2.24) is 0 Å². The Morgan fingerprint density at radius 3 is 2.47 bits per heavy atom. The summed E-state index contributed by atoms with van der Waals surface area (Å²) in [6, 6.07) is 22.1. The van der Waals surface area contributed by atoms with Gasteiger partial charge >= 0.3 is 0 Å². The average molecular weight is 449 g/mol. The van der Waals surface area contributed by atoms with Gasteiger partial charge in [0, 0.05) is 16.9 Å². The first-order valence-electron chi connectivity index (χ1n) is 10.3. The van der Waals surface area contributed by atoms with Crippen LogP contribution in [0.2, 0.25) is 0 Å². The molecule has 0 radical (unpaired) electrons. The van der Waals surface area contributed by atoms with E-state index in [0.717, 1.165) is 17.0 Å². The molecule has 3 aromatic carbocycles. The fourth-order valence-corrected chi connectivity index (χ4v) is 4.70. The minimum atomic E-state index is -0.205. The van der Waals surface area contributed by atoms with Crippen LogP contribution in [0.1, 0.15) is 28.2 Å². The Labute approximate surface area is 191 Å². The van der Waals surface area contributed by atoms with Crippen LogP contribution < -0.4 is 19.7 Å². The number of carbonyl (C=O) groups excluding carboxylic acids is 2. The fraction of sp³-hybridized carbons (Fsp3) is 0.200. The molecular weight excluding hydrogens is 424 g/mol. The normalized spacial score (nSPS) is 15.5. The number of amides is 2. The van der Waals surface area contributed by atoms with Gasteiger partial charge in [0.05, 0.1) is 19.5 Å². The molecule has 7 heteroatoms. The molecule has 1 N–H and O–H groups in total. The highest BCUT2D eigenvalue weighted by molar-refractivity contribution is 8.00. The number of ether oxygens (including phenoxy) is 2. The molecule has 164 valence electrons. The quantitative estimate of drug-likeness (QED) is 0.543. The van der Waals surface area contributed by atoms with Crippen molar-refractivity contribution in [2.24, 2.45) is 0 Å². The van der Waals surface area contributed by atoms with Crippen molar-refractivity contribution in [3.8, 4) is 11.5 Å². The highest BCUT2D eigenvalue weighted by atomic mass is 32.2. The molecule has 1 fully saturated rings. The summed E-state index contributed by atoms with van der Waals surface area (Å²) in [7, 11) is 1.59. The third kappa shape index (κ3) is 4.73. The average Bonchev–Trinajstić information content (AvgIpc) is 3.21. The lowest BCUT2D eigenvalue weighted by atomic mass is 10.1. The van der Waals surface area contributed by atoms with Gasteiger partial charge in [-0.15, -0.1) is 11.8 Å². The largest absolute Gasteiger partial charge is 0.497 e. The maximum atomic E-state index is 12.7.